The first-order valence-electron chi connectivity index (χ1n) is 5.89. The summed E-state index contributed by atoms with van der Waals surface area (Å²) in [6.45, 7) is 6.36. The zero-order valence-corrected chi connectivity index (χ0v) is 10.5. The molecule has 0 saturated carbocycles. The standard InChI is InChI=1S/C14H18N2O/c1-9(2)10(3)17-13-7-8-16-14-11(13)5-4-6-12(14)15/h4-10H,15H2,1-3H3. The molecule has 1 aromatic heterocycles. The molecule has 2 N–H and O–H groups in total. The highest BCUT2D eigenvalue weighted by Gasteiger charge is 2.11. The highest BCUT2D eigenvalue weighted by molar-refractivity contribution is 5.93. The van der Waals surface area contributed by atoms with Crippen LogP contribution in [0.4, 0.5) is 5.69 Å². The van der Waals surface area contributed by atoms with Gasteiger partial charge in [0.15, 0.2) is 0 Å². The van der Waals surface area contributed by atoms with Gasteiger partial charge in [-0.2, -0.15) is 0 Å². The van der Waals surface area contributed by atoms with Crippen molar-refractivity contribution >= 4 is 16.6 Å². The SMILES string of the molecule is CC(C)C(C)Oc1ccnc2c(N)cccc12. The van der Waals surface area contributed by atoms with Crippen LogP contribution < -0.4 is 10.5 Å². The lowest BCUT2D eigenvalue weighted by atomic mass is 10.1. The smallest absolute Gasteiger partial charge is 0.130 e. The number of aromatic nitrogens is 1. The highest BCUT2D eigenvalue weighted by Crippen LogP contribution is 2.28. The number of nitrogens with two attached hydrogens (primary N) is 1. The second-order valence-corrected chi connectivity index (χ2v) is 4.62. The predicted molar refractivity (Wildman–Crippen MR) is 71.1 cm³/mol. The van der Waals surface area contributed by atoms with Crippen LogP contribution in [0.15, 0.2) is 30.5 Å². The lowest BCUT2D eigenvalue weighted by Crippen LogP contribution is -2.18. The van der Waals surface area contributed by atoms with Crippen LogP contribution in [-0.2, 0) is 0 Å². The number of anilines is 1. The molecule has 17 heavy (non-hydrogen) atoms. The molecule has 0 radical (unpaired) electrons. The summed E-state index contributed by atoms with van der Waals surface area (Å²) in [5.41, 5.74) is 7.39. The van der Waals surface area contributed by atoms with Gasteiger partial charge in [-0.1, -0.05) is 19.9 Å². The van der Waals surface area contributed by atoms with Crippen LogP contribution in [0.2, 0.25) is 0 Å². The molecule has 0 saturated heterocycles. The number of rotatable bonds is 3. The third kappa shape index (κ3) is 2.33. The van der Waals surface area contributed by atoms with Gasteiger partial charge in [-0.05, 0) is 31.0 Å². The van der Waals surface area contributed by atoms with Gasteiger partial charge in [0.1, 0.15) is 5.75 Å². The first-order valence-corrected chi connectivity index (χ1v) is 5.89. The molecule has 0 bridgehead atoms. The minimum Gasteiger partial charge on any atom is -0.490 e. The van der Waals surface area contributed by atoms with Crippen LogP contribution in [0, 0.1) is 5.92 Å². The summed E-state index contributed by atoms with van der Waals surface area (Å²) < 4.78 is 5.95. The molecule has 0 amide bonds. The maximum absolute atomic E-state index is 5.95. The van der Waals surface area contributed by atoms with E-state index in [9.17, 15) is 0 Å². The molecule has 2 aromatic rings. The Morgan fingerprint density at radius 3 is 2.65 bits per heavy atom. The first kappa shape index (κ1) is 11.7. The van der Waals surface area contributed by atoms with Crippen molar-refractivity contribution in [1.82, 2.24) is 4.98 Å². The van der Waals surface area contributed by atoms with Crippen molar-refractivity contribution in [2.24, 2.45) is 5.92 Å². The molecule has 1 unspecified atom stereocenters. The lowest BCUT2D eigenvalue weighted by Gasteiger charge is -2.19. The molecular formula is C14H18N2O. The minimum atomic E-state index is 0.169. The third-order valence-corrected chi connectivity index (χ3v) is 3.01. The van der Waals surface area contributed by atoms with Crippen LogP contribution in [0.25, 0.3) is 10.9 Å². The molecule has 2 rings (SSSR count). The average molecular weight is 230 g/mol. The van der Waals surface area contributed by atoms with Gasteiger partial charge in [0.25, 0.3) is 0 Å². The van der Waals surface area contributed by atoms with Crippen LogP contribution in [0.5, 0.6) is 5.75 Å². The summed E-state index contributed by atoms with van der Waals surface area (Å²) in [6, 6.07) is 7.65. The Hall–Kier alpha value is -1.77. The van der Waals surface area contributed by atoms with Crippen LogP contribution in [0.3, 0.4) is 0 Å². The van der Waals surface area contributed by atoms with Gasteiger partial charge in [-0.25, -0.2) is 0 Å². The molecule has 1 aromatic carbocycles. The topological polar surface area (TPSA) is 48.1 Å². The summed E-state index contributed by atoms with van der Waals surface area (Å²) in [4.78, 5) is 4.29. The van der Waals surface area contributed by atoms with E-state index in [1.54, 1.807) is 6.20 Å². The quantitative estimate of drug-likeness (QED) is 0.823. The predicted octanol–water partition coefficient (Wildman–Crippen LogP) is 3.24. The fourth-order valence-corrected chi connectivity index (χ4v) is 1.61. The van der Waals surface area contributed by atoms with E-state index in [2.05, 4.69) is 25.8 Å². The number of hydrogen-bond acceptors (Lipinski definition) is 3. The van der Waals surface area contributed by atoms with Crippen molar-refractivity contribution in [2.75, 3.05) is 5.73 Å². The molecule has 0 spiro atoms. The Morgan fingerprint density at radius 1 is 1.18 bits per heavy atom. The third-order valence-electron chi connectivity index (χ3n) is 3.01. The zero-order valence-electron chi connectivity index (χ0n) is 10.5. The van der Waals surface area contributed by atoms with Gasteiger partial charge in [0, 0.05) is 11.6 Å². The summed E-state index contributed by atoms with van der Waals surface area (Å²) in [7, 11) is 0. The molecule has 0 fully saturated rings. The van der Waals surface area contributed by atoms with Crippen LogP contribution in [-0.4, -0.2) is 11.1 Å². The van der Waals surface area contributed by atoms with Gasteiger partial charge in [-0.3, -0.25) is 4.98 Å². The van der Waals surface area contributed by atoms with E-state index in [1.807, 2.05) is 24.3 Å². The summed E-state index contributed by atoms with van der Waals surface area (Å²) in [5.74, 6) is 1.32. The lowest BCUT2D eigenvalue weighted by molar-refractivity contribution is 0.172. The van der Waals surface area contributed by atoms with Gasteiger partial charge in [-0.15, -0.1) is 0 Å². The Labute approximate surface area is 102 Å². The molecule has 0 aliphatic heterocycles. The number of para-hydroxylation sites is 1. The summed E-state index contributed by atoms with van der Waals surface area (Å²) in [5, 5.41) is 0.972. The fraction of sp³-hybridized carbons (Fsp3) is 0.357. The minimum absolute atomic E-state index is 0.169. The first-order chi connectivity index (χ1) is 8.09. The second kappa shape index (κ2) is 4.62. The van der Waals surface area contributed by atoms with Gasteiger partial charge in [0.2, 0.25) is 0 Å². The Kier molecular flexibility index (Phi) is 3.18. The van der Waals surface area contributed by atoms with Gasteiger partial charge >= 0.3 is 0 Å². The van der Waals surface area contributed by atoms with Crippen molar-refractivity contribution in [3.63, 3.8) is 0 Å². The Balaban J connectivity index is 2.44. The van der Waals surface area contributed by atoms with Crippen LogP contribution in [0.1, 0.15) is 20.8 Å². The number of benzene rings is 1. The molecule has 0 aliphatic rings. The van der Waals surface area contributed by atoms with Gasteiger partial charge in [0.05, 0.1) is 17.3 Å². The van der Waals surface area contributed by atoms with E-state index in [4.69, 9.17) is 10.5 Å². The number of nitrogens with zero attached hydrogens (tertiary/aromatic N) is 1. The largest absolute Gasteiger partial charge is 0.490 e. The van der Waals surface area contributed by atoms with E-state index in [0.29, 0.717) is 11.6 Å². The van der Waals surface area contributed by atoms with Crippen molar-refractivity contribution in [3.8, 4) is 5.75 Å². The Bertz CT molecular complexity index is 523. The molecule has 1 atom stereocenters. The molecular weight excluding hydrogens is 212 g/mol. The number of fused-ring (bicyclic) bond motifs is 1. The van der Waals surface area contributed by atoms with Crippen LogP contribution >= 0.6 is 0 Å². The Morgan fingerprint density at radius 2 is 1.94 bits per heavy atom. The monoisotopic (exact) mass is 230 g/mol. The zero-order chi connectivity index (χ0) is 12.4. The molecule has 1 heterocycles. The van der Waals surface area contributed by atoms with Gasteiger partial charge < -0.3 is 10.5 Å². The van der Waals surface area contributed by atoms with Crippen molar-refractivity contribution in [1.29, 1.82) is 0 Å². The van der Waals surface area contributed by atoms with E-state index in [-0.39, 0.29) is 6.10 Å². The maximum atomic E-state index is 5.95. The number of ether oxygens (including phenoxy) is 1. The molecule has 0 aliphatic carbocycles. The molecule has 3 nitrogen and oxygen atoms in total. The fourth-order valence-electron chi connectivity index (χ4n) is 1.61. The van der Waals surface area contributed by atoms with E-state index >= 15 is 0 Å². The van der Waals surface area contributed by atoms with E-state index in [0.717, 1.165) is 16.7 Å². The van der Waals surface area contributed by atoms with E-state index < -0.39 is 0 Å². The van der Waals surface area contributed by atoms with Crippen molar-refractivity contribution < 1.29 is 4.74 Å². The number of nitrogen functional groups attached to an aromatic ring is 1. The second-order valence-electron chi connectivity index (χ2n) is 4.62. The molecule has 3 heteroatoms. The number of hydrogen-bond donors (Lipinski definition) is 1. The average Bonchev–Trinajstić information content (AvgIpc) is 2.30. The van der Waals surface area contributed by atoms with E-state index in [1.165, 1.54) is 0 Å². The summed E-state index contributed by atoms with van der Waals surface area (Å²) in [6.07, 6.45) is 1.91. The highest BCUT2D eigenvalue weighted by atomic mass is 16.5. The van der Waals surface area contributed by atoms with Crippen molar-refractivity contribution in [3.05, 3.63) is 30.5 Å². The normalized spacial score (nSPS) is 12.9. The van der Waals surface area contributed by atoms with Crippen molar-refractivity contribution in [2.45, 2.75) is 26.9 Å². The number of pyridine rings is 1. The summed E-state index contributed by atoms with van der Waals surface area (Å²) >= 11 is 0. The molecule has 90 valence electrons. The maximum Gasteiger partial charge on any atom is 0.130 e.